The molecule has 2 heterocycles. The number of aromatic nitrogens is 6. The number of aryl methyl sites for hydroxylation is 1. The Labute approximate surface area is 268 Å². The first-order valence-corrected chi connectivity index (χ1v) is 12.5. The smallest absolute Gasteiger partial charge is 0.459 e. The third-order valence-corrected chi connectivity index (χ3v) is 5.09. The van der Waals surface area contributed by atoms with Crippen molar-refractivity contribution in [2.75, 3.05) is 0 Å². The molecule has 0 bridgehead atoms. The van der Waals surface area contributed by atoms with Crippen molar-refractivity contribution in [1.82, 2.24) is 30.2 Å². The van der Waals surface area contributed by atoms with Gasteiger partial charge in [0.05, 0.1) is 5.69 Å². The van der Waals surface area contributed by atoms with Crippen LogP contribution in [0.1, 0.15) is 65.0 Å². The standard InChI is InChI=1S/C23H24ClN6O2.2C2H6.K/c1-5-20-25-22(24)19(14-32-21(31)6-2)30(20)13-15(3)11-12-16(4)17-9-7-8-10-18(17)23-26-28-29-27-23;2*1-2;/h7-12H,3-6,13-14H2,1-2H3;2*1-2H3;/q-1;;;+1/b12-11-;;;. The van der Waals surface area contributed by atoms with Gasteiger partial charge in [-0.25, -0.2) is 4.98 Å². The number of imidazole rings is 1. The maximum absolute atomic E-state index is 11.6. The Morgan fingerprint density at radius 2 is 1.81 bits per heavy atom. The molecule has 0 atom stereocenters. The first-order valence-electron chi connectivity index (χ1n) is 12.2. The molecule has 10 heteroatoms. The van der Waals surface area contributed by atoms with Gasteiger partial charge in [-0.1, -0.05) is 103 Å². The molecule has 194 valence electrons. The quantitative estimate of drug-likeness (QED) is 0.217. The molecular formula is C27H36ClKN6O2. The molecule has 0 amide bonds. The SMILES string of the molecule is C=C(/C=C\C(=C)c1ccccc1-c1nnn[n-]1)Cn1c(CC)nc(Cl)c1COC(=O)CC.CC.CC.[K+]. The number of tetrazole rings is 1. The van der Waals surface area contributed by atoms with Gasteiger partial charge >= 0.3 is 57.4 Å². The number of hydrogen-bond acceptors (Lipinski definition) is 6. The molecule has 0 unspecified atom stereocenters. The summed E-state index contributed by atoms with van der Waals surface area (Å²) < 4.78 is 7.21. The van der Waals surface area contributed by atoms with Crippen LogP contribution in [0.4, 0.5) is 0 Å². The predicted octanol–water partition coefficient (Wildman–Crippen LogP) is 3.24. The summed E-state index contributed by atoms with van der Waals surface area (Å²) in [6.45, 7) is 20.6. The van der Waals surface area contributed by atoms with Crippen LogP contribution in [0.2, 0.25) is 5.15 Å². The van der Waals surface area contributed by atoms with Gasteiger partial charge in [0, 0.05) is 25.2 Å². The van der Waals surface area contributed by atoms with Gasteiger partial charge in [-0.3, -0.25) is 15.1 Å². The maximum Gasteiger partial charge on any atom is 1.00 e. The zero-order valence-corrected chi connectivity index (χ0v) is 27.0. The minimum absolute atomic E-state index is 0. The average Bonchev–Trinajstić information content (AvgIpc) is 3.56. The van der Waals surface area contributed by atoms with Gasteiger partial charge in [0.15, 0.2) is 5.15 Å². The number of ether oxygens (including phenoxy) is 1. The van der Waals surface area contributed by atoms with Crippen molar-refractivity contribution in [3.8, 4) is 11.4 Å². The van der Waals surface area contributed by atoms with E-state index in [-0.39, 0.29) is 64.0 Å². The fourth-order valence-electron chi connectivity index (χ4n) is 3.12. The molecule has 0 spiro atoms. The van der Waals surface area contributed by atoms with Crippen LogP contribution < -0.4 is 56.5 Å². The summed E-state index contributed by atoms with van der Waals surface area (Å²) in [5.41, 5.74) is 3.90. The fourth-order valence-corrected chi connectivity index (χ4v) is 3.38. The van der Waals surface area contributed by atoms with Crippen molar-refractivity contribution in [2.45, 2.75) is 67.5 Å². The van der Waals surface area contributed by atoms with E-state index >= 15 is 0 Å². The van der Waals surface area contributed by atoms with E-state index in [1.807, 2.05) is 75.6 Å². The number of carbonyl (C=O) groups is 1. The van der Waals surface area contributed by atoms with Crippen LogP contribution in [0.3, 0.4) is 0 Å². The van der Waals surface area contributed by atoms with E-state index < -0.39 is 0 Å². The molecule has 3 rings (SSSR count). The van der Waals surface area contributed by atoms with Crippen molar-refractivity contribution >= 4 is 23.1 Å². The number of carbonyl (C=O) groups excluding carboxylic acids is 1. The normalized spacial score (nSPS) is 9.92. The molecule has 37 heavy (non-hydrogen) atoms. The number of rotatable bonds is 10. The van der Waals surface area contributed by atoms with E-state index in [0.717, 1.165) is 28.1 Å². The van der Waals surface area contributed by atoms with Crippen molar-refractivity contribution in [3.05, 3.63) is 77.4 Å². The molecule has 2 aromatic heterocycles. The van der Waals surface area contributed by atoms with Crippen LogP contribution in [-0.4, -0.2) is 31.0 Å². The summed E-state index contributed by atoms with van der Waals surface area (Å²) in [6.07, 6.45) is 4.75. The Balaban J connectivity index is 0.00000247. The Morgan fingerprint density at radius 3 is 2.41 bits per heavy atom. The van der Waals surface area contributed by atoms with Gasteiger partial charge in [0.2, 0.25) is 0 Å². The van der Waals surface area contributed by atoms with Crippen molar-refractivity contribution in [2.24, 2.45) is 0 Å². The molecule has 0 fully saturated rings. The number of allylic oxidation sites excluding steroid dienone is 4. The summed E-state index contributed by atoms with van der Waals surface area (Å²) in [4.78, 5) is 16.0. The van der Waals surface area contributed by atoms with E-state index in [2.05, 4.69) is 38.8 Å². The van der Waals surface area contributed by atoms with E-state index in [0.29, 0.717) is 36.1 Å². The molecule has 8 nitrogen and oxygen atoms in total. The van der Waals surface area contributed by atoms with Crippen LogP contribution in [0.15, 0.2) is 55.1 Å². The second-order valence-corrected chi connectivity index (χ2v) is 7.34. The second kappa shape index (κ2) is 19.2. The third-order valence-electron chi connectivity index (χ3n) is 4.79. The molecule has 0 saturated heterocycles. The monoisotopic (exact) mass is 550 g/mol. The Hall–Kier alpha value is -1.88. The van der Waals surface area contributed by atoms with Crippen LogP contribution >= 0.6 is 11.6 Å². The second-order valence-electron chi connectivity index (χ2n) is 6.98. The molecule has 0 N–H and O–H groups in total. The van der Waals surface area contributed by atoms with Gasteiger partial charge in [-0.15, -0.1) is 0 Å². The predicted molar refractivity (Wildman–Crippen MR) is 145 cm³/mol. The summed E-state index contributed by atoms with van der Waals surface area (Å²) in [5.74, 6) is 0.949. The van der Waals surface area contributed by atoms with Crippen molar-refractivity contribution < 1.29 is 60.9 Å². The molecule has 3 aromatic rings. The van der Waals surface area contributed by atoms with Crippen LogP contribution in [0.5, 0.6) is 0 Å². The topological polar surface area (TPSA) is 96.9 Å². The molecule has 1 aromatic carbocycles. The van der Waals surface area contributed by atoms with E-state index in [1.165, 1.54) is 0 Å². The van der Waals surface area contributed by atoms with E-state index in [4.69, 9.17) is 16.3 Å². The maximum atomic E-state index is 11.6. The van der Waals surface area contributed by atoms with Crippen molar-refractivity contribution in [1.29, 1.82) is 0 Å². The average molecular weight is 551 g/mol. The molecule has 0 aliphatic carbocycles. The molecule has 0 saturated carbocycles. The first-order chi connectivity index (χ1) is 17.4. The largest absolute Gasteiger partial charge is 1.00 e. The molecule has 0 radical (unpaired) electrons. The summed E-state index contributed by atoms with van der Waals surface area (Å²) in [6, 6.07) is 7.65. The van der Waals surface area contributed by atoms with E-state index in [1.54, 1.807) is 6.92 Å². The zero-order valence-electron chi connectivity index (χ0n) is 23.1. The van der Waals surface area contributed by atoms with Gasteiger partial charge in [0.1, 0.15) is 12.4 Å². The third kappa shape index (κ3) is 10.4. The fraction of sp³-hybridized carbons (Fsp3) is 0.370. The summed E-state index contributed by atoms with van der Waals surface area (Å²) in [7, 11) is 0. The van der Waals surface area contributed by atoms with Gasteiger partial charge < -0.3 is 14.4 Å². The summed E-state index contributed by atoms with van der Waals surface area (Å²) >= 11 is 6.31. The van der Waals surface area contributed by atoms with Crippen LogP contribution in [-0.2, 0) is 29.1 Å². The first kappa shape index (κ1) is 35.1. The Kier molecular flexibility index (Phi) is 18.2. The number of hydrogen-bond donors (Lipinski definition) is 0. The van der Waals surface area contributed by atoms with Crippen molar-refractivity contribution in [3.63, 3.8) is 0 Å². The molecular weight excluding hydrogens is 515 g/mol. The van der Waals surface area contributed by atoms with Crippen LogP contribution in [0, 0.1) is 0 Å². The number of esters is 1. The Bertz CT molecular complexity index is 1160. The minimum Gasteiger partial charge on any atom is -0.459 e. The Morgan fingerprint density at radius 1 is 1.14 bits per heavy atom. The molecule has 0 aliphatic rings. The van der Waals surface area contributed by atoms with Gasteiger partial charge in [-0.2, -0.15) is 5.21 Å². The minimum atomic E-state index is -0.292. The van der Waals surface area contributed by atoms with Gasteiger partial charge in [-0.05, 0) is 22.3 Å². The number of benzene rings is 1. The molecule has 0 aliphatic heterocycles. The summed E-state index contributed by atoms with van der Waals surface area (Å²) in [5, 5.41) is 15.3. The van der Waals surface area contributed by atoms with Crippen LogP contribution in [0.25, 0.3) is 17.0 Å². The number of halogens is 1. The number of nitrogens with zero attached hydrogens (tertiary/aromatic N) is 6. The zero-order chi connectivity index (χ0) is 27.1. The van der Waals surface area contributed by atoms with Gasteiger partial charge in [0.25, 0.3) is 0 Å². The van der Waals surface area contributed by atoms with E-state index in [9.17, 15) is 4.79 Å².